The number of hydrogen-bond acceptors (Lipinski definition) is 4. The van der Waals surface area contributed by atoms with Gasteiger partial charge in [-0.3, -0.25) is 5.10 Å². The molecule has 0 aliphatic carbocycles. The third-order valence-corrected chi connectivity index (χ3v) is 4.35. The number of nitrogens with zero attached hydrogens (tertiary/aromatic N) is 2. The zero-order valence-corrected chi connectivity index (χ0v) is 12.0. The zero-order valence-electron chi connectivity index (χ0n) is 12.0. The SMILES string of the molecule is CCN1CCC(CNc2cc3[nH]ncc3cc2N)CC1. The van der Waals surface area contributed by atoms with Gasteiger partial charge in [0.25, 0.3) is 0 Å². The van der Waals surface area contributed by atoms with Gasteiger partial charge in [-0.25, -0.2) is 0 Å². The molecule has 1 aliphatic rings. The Labute approximate surface area is 119 Å². The van der Waals surface area contributed by atoms with Gasteiger partial charge in [-0.05, 0) is 50.5 Å². The number of H-pyrrole nitrogens is 1. The summed E-state index contributed by atoms with van der Waals surface area (Å²) in [6.07, 6.45) is 4.34. The first-order valence-corrected chi connectivity index (χ1v) is 7.45. The molecule has 1 saturated heterocycles. The van der Waals surface area contributed by atoms with Crippen molar-refractivity contribution in [3.63, 3.8) is 0 Å². The molecule has 2 heterocycles. The number of nitrogens with two attached hydrogens (primary N) is 1. The van der Waals surface area contributed by atoms with Crippen molar-refractivity contribution in [3.05, 3.63) is 18.3 Å². The summed E-state index contributed by atoms with van der Waals surface area (Å²) in [5.74, 6) is 0.745. The van der Waals surface area contributed by atoms with E-state index in [1.165, 1.54) is 32.5 Å². The van der Waals surface area contributed by atoms with E-state index in [-0.39, 0.29) is 0 Å². The van der Waals surface area contributed by atoms with Crippen molar-refractivity contribution in [1.29, 1.82) is 0 Å². The number of nitrogens with one attached hydrogen (secondary N) is 2. The highest BCUT2D eigenvalue weighted by Crippen LogP contribution is 2.26. The molecule has 5 heteroatoms. The third kappa shape index (κ3) is 2.72. The van der Waals surface area contributed by atoms with Gasteiger partial charge in [0.1, 0.15) is 0 Å². The van der Waals surface area contributed by atoms with Gasteiger partial charge < -0.3 is 16.0 Å². The molecule has 0 radical (unpaired) electrons. The Hall–Kier alpha value is -1.75. The van der Waals surface area contributed by atoms with Gasteiger partial charge in [0.05, 0.1) is 23.1 Å². The molecule has 1 aromatic carbocycles. The van der Waals surface area contributed by atoms with Crippen LogP contribution in [0.1, 0.15) is 19.8 Å². The van der Waals surface area contributed by atoms with E-state index in [9.17, 15) is 0 Å². The molecular formula is C15H23N5. The minimum Gasteiger partial charge on any atom is -0.397 e. The first-order chi connectivity index (χ1) is 9.76. The number of aromatic amines is 1. The molecule has 0 amide bonds. The Bertz CT molecular complexity index is 569. The average molecular weight is 273 g/mol. The molecule has 1 aromatic heterocycles. The van der Waals surface area contributed by atoms with Crippen LogP contribution in [0.15, 0.2) is 18.3 Å². The van der Waals surface area contributed by atoms with Crippen molar-refractivity contribution < 1.29 is 0 Å². The molecule has 108 valence electrons. The summed E-state index contributed by atoms with van der Waals surface area (Å²) in [4.78, 5) is 2.52. The second-order valence-corrected chi connectivity index (χ2v) is 5.66. The molecule has 0 bridgehead atoms. The van der Waals surface area contributed by atoms with Crippen molar-refractivity contribution >= 4 is 22.3 Å². The molecule has 1 aliphatic heterocycles. The fourth-order valence-corrected chi connectivity index (χ4v) is 2.92. The Morgan fingerprint density at radius 2 is 2.20 bits per heavy atom. The van der Waals surface area contributed by atoms with Crippen molar-refractivity contribution in [3.8, 4) is 0 Å². The standard InChI is InChI=1S/C15H23N5/c1-2-20-5-3-11(4-6-20)9-17-15-8-14-12(7-13(15)16)10-18-19-14/h7-8,10-11,17H,2-6,9,16H2,1H3,(H,18,19). The van der Waals surface area contributed by atoms with E-state index in [1.54, 1.807) is 6.20 Å². The Balaban J connectivity index is 1.61. The Morgan fingerprint density at radius 1 is 1.40 bits per heavy atom. The number of benzene rings is 1. The second kappa shape index (κ2) is 5.71. The summed E-state index contributed by atoms with van der Waals surface area (Å²) in [5.41, 5.74) is 8.93. The molecular weight excluding hydrogens is 250 g/mol. The highest BCUT2D eigenvalue weighted by atomic mass is 15.1. The Kier molecular flexibility index (Phi) is 3.78. The molecule has 0 unspecified atom stereocenters. The summed E-state index contributed by atoms with van der Waals surface area (Å²) in [7, 11) is 0. The predicted octanol–water partition coefficient (Wildman–Crippen LogP) is 2.29. The number of hydrogen-bond donors (Lipinski definition) is 3. The van der Waals surface area contributed by atoms with E-state index in [2.05, 4.69) is 33.4 Å². The maximum atomic E-state index is 6.09. The normalized spacial score (nSPS) is 17.6. The number of nitrogen functional groups attached to an aromatic ring is 1. The first-order valence-electron chi connectivity index (χ1n) is 7.45. The summed E-state index contributed by atoms with van der Waals surface area (Å²) in [5, 5.41) is 11.6. The first kappa shape index (κ1) is 13.2. The second-order valence-electron chi connectivity index (χ2n) is 5.66. The lowest BCUT2D eigenvalue weighted by Gasteiger charge is -2.31. The van der Waals surface area contributed by atoms with Crippen LogP contribution in [0.3, 0.4) is 0 Å². The van der Waals surface area contributed by atoms with Crippen LogP contribution in [0.25, 0.3) is 10.9 Å². The lowest BCUT2D eigenvalue weighted by molar-refractivity contribution is 0.198. The van der Waals surface area contributed by atoms with Gasteiger partial charge in [-0.1, -0.05) is 6.92 Å². The summed E-state index contributed by atoms with van der Waals surface area (Å²) >= 11 is 0. The quantitative estimate of drug-likeness (QED) is 0.748. The van der Waals surface area contributed by atoms with Gasteiger partial charge in [0.15, 0.2) is 0 Å². The third-order valence-electron chi connectivity index (χ3n) is 4.35. The van der Waals surface area contributed by atoms with Gasteiger partial charge >= 0.3 is 0 Å². The lowest BCUT2D eigenvalue weighted by atomic mass is 9.96. The van der Waals surface area contributed by atoms with Crippen LogP contribution >= 0.6 is 0 Å². The van der Waals surface area contributed by atoms with E-state index in [4.69, 9.17) is 5.73 Å². The summed E-state index contributed by atoms with van der Waals surface area (Å²) < 4.78 is 0. The van der Waals surface area contributed by atoms with Gasteiger partial charge in [0, 0.05) is 11.9 Å². The number of likely N-dealkylation sites (tertiary alicyclic amines) is 1. The number of aromatic nitrogens is 2. The largest absolute Gasteiger partial charge is 0.397 e. The number of anilines is 2. The molecule has 0 atom stereocenters. The summed E-state index contributed by atoms with van der Waals surface area (Å²) in [6, 6.07) is 4.03. The molecule has 20 heavy (non-hydrogen) atoms. The minimum absolute atomic E-state index is 0.745. The van der Waals surface area contributed by atoms with Crippen LogP contribution in [0, 0.1) is 5.92 Å². The minimum atomic E-state index is 0.745. The zero-order chi connectivity index (χ0) is 13.9. The highest BCUT2D eigenvalue weighted by Gasteiger charge is 2.18. The van der Waals surface area contributed by atoms with Crippen LogP contribution in [-0.2, 0) is 0 Å². The van der Waals surface area contributed by atoms with Crippen molar-refractivity contribution in [2.24, 2.45) is 5.92 Å². The Morgan fingerprint density at radius 3 is 2.95 bits per heavy atom. The van der Waals surface area contributed by atoms with Gasteiger partial charge in [-0.15, -0.1) is 0 Å². The van der Waals surface area contributed by atoms with Crippen LogP contribution in [0.2, 0.25) is 0 Å². The van der Waals surface area contributed by atoms with E-state index in [0.717, 1.165) is 34.7 Å². The molecule has 3 rings (SSSR count). The molecule has 5 nitrogen and oxygen atoms in total. The van der Waals surface area contributed by atoms with Gasteiger partial charge in [-0.2, -0.15) is 5.10 Å². The van der Waals surface area contributed by atoms with E-state index < -0.39 is 0 Å². The maximum absolute atomic E-state index is 6.09. The molecule has 4 N–H and O–H groups in total. The number of fused-ring (bicyclic) bond motifs is 1. The average Bonchev–Trinajstić information content (AvgIpc) is 2.92. The summed E-state index contributed by atoms with van der Waals surface area (Å²) in [6.45, 7) is 6.85. The van der Waals surface area contributed by atoms with Crippen LogP contribution < -0.4 is 11.1 Å². The van der Waals surface area contributed by atoms with E-state index >= 15 is 0 Å². The maximum Gasteiger partial charge on any atom is 0.0672 e. The molecule has 2 aromatic rings. The number of rotatable bonds is 4. The molecule has 0 spiro atoms. The highest BCUT2D eigenvalue weighted by molar-refractivity contribution is 5.88. The smallest absolute Gasteiger partial charge is 0.0672 e. The fourth-order valence-electron chi connectivity index (χ4n) is 2.92. The van der Waals surface area contributed by atoms with Crippen LogP contribution in [0.5, 0.6) is 0 Å². The molecule has 1 fully saturated rings. The van der Waals surface area contributed by atoms with Crippen LogP contribution in [-0.4, -0.2) is 41.3 Å². The topological polar surface area (TPSA) is 70.0 Å². The monoisotopic (exact) mass is 273 g/mol. The van der Waals surface area contributed by atoms with Crippen molar-refractivity contribution in [2.45, 2.75) is 19.8 Å². The van der Waals surface area contributed by atoms with Gasteiger partial charge in [0.2, 0.25) is 0 Å². The van der Waals surface area contributed by atoms with E-state index in [0.29, 0.717) is 0 Å². The number of piperidine rings is 1. The fraction of sp³-hybridized carbons (Fsp3) is 0.533. The van der Waals surface area contributed by atoms with Crippen molar-refractivity contribution in [1.82, 2.24) is 15.1 Å². The van der Waals surface area contributed by atoms with Crippen LogP contribution in [0.4, 0.5) is 11.4 Å². The lowest BCUT2D eigenvalue weighted by Crippen LogP contribution is -2.35. The predicted molar refractivity (Wildman–Crippen MR) is 83.8 cm³/mol. The molecule has 0 saturated carbocycles. The van der Waals surface area contributed by atoms with Crippen molar-refractivity contribution in [2.75, 3.05) is 37.2 Å². The van der Waals surface area contributed by atoms with E-state index in [1.807, 2.05) is 6.07 Å².